The van der Waals surface area contributed by atoms with Crippen LogP contribution < -0.4 is 4.72 Å². The van der Waals surface area contributed by atoms with E-state index >= 15 is 0 Å². The summed E-state index contributed by atoms with van der Waals surface area (Å²) in [5, 5.41) is 0. The molecule has 13 unspecified atom stereocenters. The van der Waals surface area contributed by atoms with E-state index in [1.54, 1.807) is 0 Å². The predicted octanol–water partition coefficient (Wildman–Crippen LogP) is 7.03. The van der Waals surface area contributed by atoms with Gasteiger partial charge in [-0.1, -0.05) is 32.9 Å². The third-order valence-electron chi connectivity index (χ3n) is 17.4. The van der Waals surface area contributed by atoms with Gasteiger partial charge in [0.25, 0.3) is 0 Å². The first kappa shape index (κ1) is 76.4. The molecule has 0 amide bonds. The van der Waals surface area contributed by atoms with Crippen molar-refractivity contribution in [3.63, 3.8) is 0 Å². The fourth-order valence-electron chi connectivity index (χ4n) is 13.9. The van der Waals surface area contributed by atoms with Gasteiger partial charge in [-0.05, 0) is 137 Å². The van der Waals surface area contributed by atoms with Crippen LogP contribution in [0.2, 0.25) is 0 Å². The number of esters is 11. The van der Waals surface area contributed by atoms with Crippen LogP contribution in [0.3, 0.4) is 0 Å². The third kappa shape index (κ3) is 20.0. The highest BCUT2D eigenvalue weighted by molar-refractivity contribution is 7.90. The second-order valence-electron chi connectivity index (χ2n) is 26.6. The monoisotopic (exact) mass is 1380 g/mol. The Morgan fingerprint density at radius 3 is 1.57 bits per heavy atom. The van der Waals surface area contributed by atoms with Gasteiger partial charge in [0.1, 0.15) is 42.2 Å². The fraction of sp³-hybridized carbons (Fsp3) is 0.667. The van der Waals surface area contributed by atoms with Crippen molar-refractivity contribution in [2.24, 2.45) is 47.3 Å². The SMILES string of the molecule is C=C(C)C(=O)OC12CC3CC(C1)CC(OC(=O)C(F)(F)F)(C3)C2.C=C(C)C(=O)OC1CCOC1=O.C=C(C)C(=O)OCC(=O)OC1C2CC3C(=O)OC1C3C2.C=C(C)C(=O)OCC(=O)OC1C2CC3CC(C2)C(=O)OC1C3.C=C(C)C(=O)OCC(C)(C)NS(=O)(=O)C(F)(F)F. The molecule has 10 bridgehead atoms. The lowest BCUT2D eigenvalue weighted by atomic mass is 9.52. The Morgan fingerprint density at radius 1 is 0.568 bits per heavy atom. The molecule has 0 aromatic rings. The molecule has 8 aliphatic carbocycles. The number of carbonyl (C=O) groups excluding carboxylic acids is 11. The Labute approximate surface area is 543 Å². The number of nitrogens with one attached hydrogen (secondary N) is 1. The Kier molecular flexibility index (Phi) is 24.3. The minimum absolute atomic E-state index is 0.0128. The molecule has 12 aliphatic rings. The summed E-state index contributed by atoms with van der Waals surface area (Å²) < 4.78 is 153. The van der Waals surface area contributed by atoms with E-state index in [1.807, 2.05) is 0 Å². The highest BCUT2D eigenvalue weighted by Gasteiger charge is 2.65. The molecule has 0 spiro atoms. The second kappa shape index (κ2) is 30.2. The van der Waals surface area contributed by atoms with Gasteiger partial charge in [0, 0.05) is 58.5 Å². The number of cyclic esters (lactones) is 1. The van der Waals surface area contributed by atoms with Crippen molar-refractivity contribution >= 4 is 75.7 Å². The van der Waals surface area contributed by atoms with E-state index in [-0.39, 0.29) is 99.9 Å². The van der Waals surface area contributed by atoms with Gasteiger partial charge in [-0.2, -0.15) is 31.1 Å². The van der Waals surface area contributed by atoms with Crippen molar-refractivity contribution in [1.29, 1.82) is 0 Å². The van der Waals surface area contributed by atoms with E-state index in [0.717, 1.165) is 58.8 Å². The molecule has 32 heteroatoms. The quantitative estimate of drug-likeness (QED) is 0.0623. The van der Waals surface area contributed by atoms with Gasteiger partial charge in [-0.15, -0.1) is 0 Å². The number of fused-ring (bicyclic) bond motifs is 2. The van der Waals surface area contributed by atoms with Crippen LogP contribution in [-0.4, -0.2) is 159 Å². The first-order valence-electron chi connectivity index (χ1n) is 30.4. The largest absolute Gasteiger partial charge is 0.511 e. The van der Waals surface area contributed by atoms with Crippen LogP contribution in [-0.2, 0) is 115 Å². The Morgan fingerprint density at radius 2 is 1.07 bits per heavy atom. The Balaban J connectivity index is 0.000000191. The summed E-state index contributed by atoms with van der Waals surface area (Å²) >= 11 is 0. The zero-order valence-corrected chi connectivity index (χ0v) is 54.4. The first-order valence-corrected chi connectivity index (χ1v) is 31.9. The Hall–Kier alpha value is -7.64. The van der Waals surface area contributed by atoms with Crippen molar-refractivity contribution in [3.8, 4) is 0 Å². The van der Waals surface area contributed by atoms with E-state index in [2.05, 4.69) is 42.4 Å². The molecule has 12 fully saturated rings. The van der Waals surface area contributed by atoms with E-state index < -0.39 is 130 Å². The maximum Gasteiger partial charge on any atom is 0.511 e. The molecule has 0 radical (unpaired) electrons. The zero-order chi connectivity index (χ0) is 71.2. The summed E-state index contributed by atoms with van der Waals surface area (Å²) in [6.07, 6.45) is 1.25. The number of rotatable bonds is 18. The summed E-state index contributed by atoms with van der Waals surface area (Å²) in [7, 11) is -5.49. The predicted molar refractivity (Wildman–Crippen MR) is 311 cm³/mol. The lowest BCUT2D eigenvalue weighted by Crippen LogP contribution is -2.62. The number of hydrogen-bond acceptors (Lipinski definition) is 24. The standard InChI is InChI=1S/C16H19F3O4.C16H20O6.C14H16O6.C9H14F3NO4S.C8H10O4/c1-9(2)12(20)22-14-4-10-3-11(5-14)7-15(6-10,8-14)23-13(21)16(17,18)19;1-8(2)15(18)20-7-13(17)22-14-10-3-9-4-11(6-10)16(19)21-12(14)5-9;1-6(2)13(16)18-5-10(15)19-11-7-3-8-9(4-7)14(17)20-12(8)11;1-6(2)7(14)17-5-8(3,4)13-18(15,16)9(10,11)12;1-5(2)7(9)12-6-3-4-11-8(6)10/h10-11H,1,3-8H2,2H3;9-12,14H,1,3-7H2,2H3;7-9,11-12H,1,3-5H2,2H3;13H,1,5H2,2-4H3;6H,1,3-4H2,2H3. The fourth-order valence-corrected chi connectivity index (χ4v) is 14.8. The minimum atomic E-state index is -5.49. The molecule has 13 atom stereocenters. The summed E-state index contributed by atoms with van der Waals surface area (Å²) in [6, 6.07) is 0. The first-order chi connectivity index (χ1) is 43.8. The van der Waals surface area contributed by atoms with E-state index in [0.29, 0.717) is 44.6 Å². The summed E-state index contributed by atoms with van der Waals surface area (Å²) in [5.41, 5.74) is -7.93. The average Bonchev–Trinajstić information content (AvgIpc) is 1.51. The summed E-state index contributed by atoms with van der Waals surface area (Å²) in [6.45, 7) is 25.7. The van der Waals surface area contributed by atoms with Gasteiger partial charge in [0.2, 0.25) is 6.10 Å². The van der Waals surface area contributed by atoms with Crippen LogP contribution in [0.1, 0.15) is 132 Å². The number of halogens is 6. The summed E-state index contributed by atoms with van der Waals surface area (Å²) in [5.74, 6) is -6.13. The highest BCUT2D eigenvalue weighted by atomic mass is 32.2. The summed E-state index contributed by atoms with van der Waals surface area (Å²) in [4.78, 5) is 126. The van der Waals surface area contributed by atoms with Crippen LogP contribution in [0.4, 0.5) is 26.3 Å². The lowest BCUT2D eigenvalue weighted by molar-refractivity contribution is -0.251. The van der Waals surface area contributed by atoms with Gasteiger partial charge < -0.3 is 52.1 Å². The number of sulfonamides is 1. The molecule has 0 aromatic carbocycles. The number of hydrogen-bond donors (Lipinski definition) is 1. The second-order valence-corrected chi connectivity index (χ2v) is 28.2. The Bertz CT molecular complexity index is 3210. The molecule has 4 heterocycles. The topological polar surface area (TPSA) is 335 Å². The molecule has 1 N–H and O–H groups in total. The van der Waals surface area contributed by atoms with Gasteiger partial charge >= 0.3 is 87.4 Å². The third-order valence-corrected chi connectivity index (χ3v) is 18.8. The molecule has 4 aliphatic heterocycles. The van der Waals surface area contributed by atoms with Crippen molar-refractivity contribution < 1.29 is 140 Å². The number of ether oxygens (including phenoxy) is 11. The highest BCUT2D eigenvalue weighted by Crippen LogP contribution is 2.61. The zero-order valence-electron chi connectivity index (χ0n) is 53.5. The maximum absolute atomic E-state index is 12.6. The van der Waals surface area contributed by atoms with Crippen LogP contribution >= 0.6 is 0 Å². The maximum atomic E-state index is 12.6. The average molecular weight is 1380 g/mol. The molecule has 12 rings (SSSR count). The van der Waals surface area contributed by atoms with Crippen LogP contribution in [0, 0.1) is 47.3 Å². The molecule has 8 saturated carbocycles. The minimum Gasteiger partial charge on any atom is -0.463 e. The van der Waals surface area contributed by atoms with Gasteiger partial charge in [-0.25, -0.2) is 51.6 Å². The van der Waals surface area contributed by atoms with E-state index in [1.165, 1.54) is 39.3 Å². The normalized spacial score (nSPS) is 30.5. The number of alkyl halides is 6. The van der Waals surface area contributed by atoms with Gasteiger partial charge in [0.05, 0.1) is 24.0 Å². The van der Waals surface area contributed by atoms with Crippen LogP contribution in [0.25, 0.3) is 0 Å². The molecule has 0 aromatic heterocycles. The van der Waals surface area contributed by atoms with Crippen molar-refractivity contribution in [2.75, 3.05) is 26.4 Å². The molecule has 25 nitrogen and oxygen atoms in total. The van der Waals surface area contributed by atoms with Crippen LogP contribution in [0.15, 0.2) is 60.8 Å². The lowest BCUT2D eigenvalue weighted by Gasteiger charge is -2.60. The van der Waals surface area contributed by atoms with Crippen molar-refractivity contribution in [1.82, 2.24) is 4.72 Å². The molecular formula is C63H79F6NO24S. The smallest absolute Gasteiger partial charge is 0.463 e. The number of carbonyl (C=O) groups is 11. The molecule has 528 valence electrons. The van der Waals surface area contributed by atoms with E-state index in [9.17, 15) is 87.5 Å². The van der Waals surface area contributed by atoms with E-state index in [4.69, 9.17) is 42.6 Å². The molecule has 95 heavy (non-hydrogen) atoms. The van der Waals surface area contributed by atoms with Gasteiger partial charge in [-0.3, -0.25) is 9.59 Å². The molecule has 4 saturated heterocycles. The van der Waals surface area contributed by atoms with Crippen molar-refractivity contribution in [3.05, 3.63) is 60.8 Å². The van der Waals surface area contributed by atoms with Crippen molar-refractivity contribution in [2.45, 2.75) is 191 Å². The van der Waals surface area contributed by atoms with Crippen LogP contribution in [0.5, 0.6) is 0 Å². The van der Waals surface area contributed by atoms with Gasteiger partial charge in [0.15, 0.2) is 13.2 Å². The molecular weight excluding hydrogens is 1300 g/mol.